The van der Waals surface area contributed by atoms with E-state index in [1.54, 1.807) is 12.1 Å². The standard InChI is InChI=1S/C15H12FIO2/c16-12-3-1-11(2-4-12)9-14(18)10-19-15-7-5-13(17)6-8-15/h1-8H,9-10H2. The molecule has 98 valence electrons. The normalized spacial score (nSPS) is 10.2. The molecular weight excluding hydrogens is 358 g/mol. The highest BCUT2D eigenvalue weighted by Gasteiger charge is 2.05. The predicted molar refractivity (Wildman–Crippen MR) is 79.8 cm³/mol. The molecule has 0 atom stereocenters. The van der Waals surface area contributed by atoms with E-state index in [1.807, 2.05) is 24.3 Å². The molecular formula is C15H12FIO2. The van der Waals surface area contributed by atoms with Gasteiger partial charge in [0.2, 0.25) is 0 Å². The van der Waals surface area contributed by atoms with Gasteiger partial charge < -0.3 is 4.74 Å². The number of ketones is 1. The Bertz CT molecular complexity index is 549. The van der Waals surface area contributed by atoms with Crippen molar-refractivity contribution in [3.05, 3.63) is 63.5 Å². The Morgan fingerprint density at radius 2 is 1.68 bits per heavy atom. The monoisotopic (exact) mass is 370 g/mol. The first-order valence-electron chi connectivity index (χ1n) is 5.78. The minimum Gasteiger partial charge on any atom is -0.486 e. The van der Waals surface area contributed by atoms with Gasteiger partial charge in [0.15, 0.2) is 5.78 Å². The zero-order valence-electron chi connectivity index (χ0n) is 10.1. The Balaban J connectivity index is 1.84. The highest BCUT2D eigenvalue weighted by Crippen LogP contribution is 2.13. The first-order chi connectivity index (χ1) is 9.13. The lowest BCUT2D eigenvalue weighted by Crippen LogP contribution is -2.13. The maximum Gasteiger partial charge on any atom is 0.174 e. The lowest BCUT2D eigenvalue weighted by molar-refractivity contribution is -0.120. The molecule has 0 bridgehead atoms. The zero-order valence-corrected chi connectivity index (χ0v) is 12.3. The van der Waals surface area contributed by atoms with Crippen LogP contribution in [0.25, 0.3) is 0 Å². The van der Waals surface area contributed by atoms with Gasteiger partial charge in [0.1, 0.15) is 18.2 Å². The number of hydrogen-bond acceptors (Lipinski definition) is 2. The zero-order chi connectivity index (χ0) is 13.7. The van der Waals surface area contributed by atoms with Crippen molar-refractivity contribution in [2.75, 3.05) is 6.61 Å². The third kappa shape index (κ3) is 4.63. The van der Waals surface area contributed by atoms with Crippen molar-refractivity contribution in [2.45, 2.75) is 6.42 Å². The molecule has 0 saturated heterocycles. The van der Waals surface area contributed by atoms with E-state index in [0.29, 0.717) is 5.75 Å². The lowest BCUT2D eigenvalue weighted by atomic mass is 10.1. The van der Waals surface area contributed by atoms with Crippen LogP contribution in [0.1, 0.15) is 5.56 Å². The van der Waals surface area contributed by atoms with Crippen molar-refractivity contribution in [1.82, 2.24) is 0 Å². The molecule has 0 fully saturated rings. The van der Waals surface area contributed by atoms with Crippen LogP contribution in [0.4, 0.5) is 4.39 Å². The van der Waals surface area contributed by atoms with Crippen molar-refractivity contribution in [2.24, 2.45) is 0 Å². The summed E-state index contributed by atoms with van der Waals surface area (Å²) in [5.41, 5.74) is 0.789. The maximum absolute atomic E-state index is 12.7. The number of halogens is 2. The molecule has 0 spiro atoms. The van der Waals surface area contributed by atoms with Crippen LogP contribution in [0, 0.1) is 9.39 Å². The predicted octanol–water partition coefficient (Wildman–Crippen LogP) is 3.62. The number of rotatable bonds is 5. The largest absolute Gasteiger partial charge is 0.486 e. The van der Waals surface area contributed by atoms with Crippen molar-refractivity contribution in [3.8, 4) is 5.75 Å². The summed E-state index contributed by atoms with van der Waals surface area (Å²) in [6, 6.07) is 13.4. The molecule has 0 aromatic heterocycles. The fourth-order valence-electron chi connectivity index (χ4n) is 1.58. The van der Waals surface area contributed by atoms with Gasteiger partial charge in [-0.2, -0.15) is 0 Å². The van der Waals surface area contributed by atoms with E-state index < -0.39 is 0 Å². The van der Waals surface area contributed by atoms with E-state index in [4.69, 9.17) is 4.74 Å². The Kier molecular flexibility index (Phi) is 4.90. The summed E-state index contributed by atoms with van der Waals surface area (Å²) < 4.78 is 19.2. The summed E-state index contributed by atoms with van der Waals surface area (Å²) in [7, 11) is 0. The first kappa shape index (κ1) is 14.0. The molecule has 2 aromatic carbocycles. The highest BCUT2D eigenvalue weighted by atomic mass is 127. The van der Waals surface area contributed by atoms with Crippen LogP contribution in [0.5, 0.6) is 5.75 Å². The van der Waals surface area contributed by atoms with E-state index in [0.717, 1.165) is 9.13 Å². The average molecular weight is 370 g/mol. The molecule has 0 aliphatic rings. The molecule has 2 rings (SSSR count). The Morgan fingerprint density at radius 1 is 1.05 bits per heavy atom. The van der Waals surface area contributed by atoms with Crippen LogP contribution >= 0.6 is 22.6 Å². The quantitative estimate of drug-likeness (QED) is 0.752. The number of ether oxygens (including phenoxy) is 1. The topological polar surface area (TPSA) is 26.3 Å². The summed E-state index contributed by atoms with van der Waals surface area (Å²) in [4.78, 5) is 11.7. The van der Waals surface area contributed by atoms with Crippen LogP contribution in [-0.2, 0) is 11.2 Å². The molecule has 0 radical (unpaired) electrons. The van der Waals surface area contributed by atoms with E-state index >= 15 is 0 Å². The van der Waals surface area contributed by atoms with E-state index in [1.165, 1.54) is 12.1 Å². The molecule has 0 aliphatic carbocycles. The summed E-state index contributed by atoms with van der Waals surface area (Å²) in [5, 5.41) is 0. The smallest absolute Gasteiger partial charge is 0.174 e. The summed E-state index contributed by atoms with van der Waals surface area (Å²) in [6.07, 6.45) is 0.255. The third-order valence-corrected chi connectivity index (χ3v) is 3.25. The van der Waals surface area contributed by atoms with Crippen LogP contribution in [0.2, 0.25) is 0 Å². The van der Waals surface area contributed by atoms with Gasteiger partial charge in [-0.3, -0.25) is 4.79 Å². The van der Waals surface area contributed by atoms with Crippen LogP contribution in [-0.4, -0.2) is 12.4 Å². The van der Waals surface area contributed by atoms with Gasteiger partial charge in [0.05, 0.1) is 0 Å². The third-order valence-electron chi connectivity index (χ3n) is 2.53. The number of hydrogen-bond donors (Lipinski definition) is 0. The summed E-state index contributed by atoms with van der Waals surface area (Å²) in [6.45, 7) is 0.0258. The molecule has 0 amide bonds. The highest BCUT2D eigenvalue weighted by molar-refractivity contribution is 14.1. The van der Waals surface area contributed by atoms with Gasteiger partial charge in [-0.1, -0.05) is 12.1 Å². The molecule has 19 heavy (non-hydrogen) atoms. The van der Waals surface area contributed by atoms with Crippen LogP contribution in [0.15, 0.2) is 48.5 Å². The van der Waals surface area contributed by atoms with Crippen molar-refractivity contribution in [3.63, 3.8) is 0 Å². The van der Waals surface area contributed by atoms with Crippen molar-refractivity contribution < 1.29 is 13.9 Å². The second-order valence-electron chi connectivity index (χ2n) is 4.08. The van der Waals surface area contributed by atoms with E-state index in [-0.39, 0.29) is 24.6 Å². The second kappa shape index (κ2) is 6.65. The molecule has 4 heteroatoms. The molecule has 0 aliphatic heterocycles. The molecule has 0 heterocycles. The Morgan fingerprint density at radius 3 is 2.32 bits per heavy atom. The van der Waals surface area contributed by atoms with Gasteiger partial charge in [-0.25, -0.2) is 4.39 Å². The fraction of sp³-hybridized carbons (Fsp3) is 0.133. The van der Waals surface area contributed by atoms with Gasteiger partial charge in [0.25, 0.3) is 0 Å². The number of Topliss-reactive ketones (excluding diaryl/α,β-unsaturated/α-hetero) is 1. The minimum atomic E-state index is -0.300. The van der Waals surface area contributed by atoms with Crippen molar-refractivity contribution >= 4 is 28.4 Å². The number of carbonyl (C=O) groups is 1. The van der Waals surface area contributed by atoms with E-state index in [9.17, 15) is 9.18 Å². The number of carbonyl (C=O) groups excluding carboxylic acids is 1. The lowest BCUT2D eigenvalue weighted by Gasteiger charge is -2.05. The summed E-state index contributed by atoms with van der Waals surface area (Å²) in [5.74, 6) is 0.337. The molecule has 0 unspecified atom stereocenters. The van der Waals surface area contributed by atoms with Gasteiger partial charge >= 0.3 is 0 Å². The van der Waals surface area contributed by atoms with Crippen LogP contribution < -0.4 is 4.74 Å². The van der Waals surface area contributed by atoms with Gasteiger partial charge in [-0.05, 0) is 64.6 Å². The Labute approximate surface area is 124 Å². The minimum absolute atomic E-state index is 0.0258. The van der Waals surface area contributed by atoms with Crippen LogP contribution in [0.3, 0.4) is 0 Å². The molecule has 0 N–H and O–H groups in total. The molecule has 2 aromatic rings. The Hall–Kier alpha value is -1.43. The second-order valence-corrected chi connectivity index (χ2v) is 5.33. The van der Waals surface area contributed by atoms with E-state index in [2.05, 4.69) is 22.6 Å². The SMILES string of the molecule is O=C(COc1ccc(I)cc1)Cc1ccc(F)cc1. The first-order valence-corrected chi connectivity index (χ1v) is 6.86. The maximum atomic E-state index is 12.7. The fourth-order valence-corrected chi connectivity index (χ4v) is 1.94. The van der Waals surface area contributed by atoms with Crippen molar-refractivity contribution in [1.29, 1.82) is 0 Å². The molecule has 2 nitrogen and oxygen atoms in total. The molecule has 0 saturated carbocycles. The number of benzene rings is 2. The van der Waals surface area contributed by atoms with Gasteiger partial charge in [-0.15, -0.1) is 0 Å². The average Bonchev–Trinajstić information content (AvgIpc) is 2.41. The summed E-state index contributed by atoms with van der Waals surface area (Å²) >= 11 is 2.20. The van der Waals surface area contributed by atoms with Gasteiger partial charge in [0, 0.05) is 9.99 Å².